The van der Waals surface area contributed by atoms with E-state index < -0.39 is 0 Å². The monoisotopic (exact) mass is 341 g/mol. The van der Waals surface area contributed by atoms with E-state index in [-0.39, 0.29) is 5.91 Å². The number of hydrogen-bond acceptors (Lipinski definition) is 4. The molecule has 0 radical (unpaired) electrons. The van der Waals surface area contributed by atoms with Crippen LogP contribution in [0.15, 0.2) is 30.3 Å². The zero-order valence-electron chi connectivity index (χ0n) is 15.1. The molecule has 6 heteroatoms. The molecule has 25 heavy (non-hydrogen) atoms. The average molecular weight is 341 g/mol. The Morgan fingerprint density at radius 1 is 1.16 bits per heavy atom. The number of aromatic nitrogens is 3. The average Bonchev–Trinajstić information content (AvgIpc) is 2.86. The van der Waals surface area contributed by atoms with Gasteiger partial charge in [-0.2, -0.15) is 0 Å². The first-order valence-corrected chi connectivity index (χ1v) is 9.05. The molecule has 1 aliphatic rings. The molecule has 0 aliphatic carbocycles. The number of hydrogen-bond donors (Lipinski definition) is 1. The Kier molecular flexibility index (Phi) is 5.81. The summed E-state index contributed by atoms with van der Waals surface area (Å²) >= 11 is 0. The summed E-state index contributed by atoms with van der Waals surface area (Å²) in [6, 6.07) is 10.3. The second-order valence-electron chi connectivity index (χ2n) is 7.07. The zero-order chi connectivity index (χ0) is 17.6. The molecule has 1 amide bonds. The van der Waals surface area contributed by atoms with Crippen LogP contribution in [0, 0.1) is 5.92 Å². The SMILES string of the molecule is CC(C)CNC(=O)CN1CCc2nnc(Cc3ccccc3)n2CC1. The predicted molar refractivity (Wildman–Crippen MR) is 97.3 cm³/mol. The summed E-state index contributed by atoms with van der Waals surface area (Å²) in [6.45, 7) is 7.93. The Hall–Kier alpha value is -2.21. The Morgan fingerprint density at radius 3 is 2.72 bits per heavy atom. The minimum absolute atomic E-state index is 0.107. The van der Waals surface area contributed by atoms with E-state index in [1.165, 1.54) is 5.56 Å². The van der Waals surface area contributed by atoms with Crippen molar-refractivity contribution in [3.8, 4) is 0 Å². The Morgan fingerprint density at radius 2 is 1.96 bits per heavy atom. The fourth-order valence-electron chi connectivity index (χ4n) is 3.07. The van der Waals surface area contributed by atoms with E-state index in [0.29, 0.717) is 12.5 Å². The molecule has 3 rings (SSSR count). The Labute approximate surface area is 149 Å². The van der Waals surface area contributed by atoms with Gasteiger partial charge in [-0.15, -0.1) is 10.2 Å². The van der Waals surface area contributed by atoms with Gasteiger partial charge in [0.2, 0.25) is 5.91 Å². The molecule has 6 nitrogen and oxygen atoms in total. The van der Waals surface area contributed by atoms with E-state index in [4.69, 9.17) is 0 Å². The fourth-order valence-corrected chi connectivity index (χ4v) is 3.07. The molecular weight excluding hydrogens is 314 g/mol. The topological polar surface area (TPSA) is 63.1 Å². The maximum absolute atomic E-state index is 12.1. The molecule has 0 atom stereocenters. The van der Waals surface area contributed by atoms with Gasteiger partial charge in [0.25, 0.3) is 0 Å². The number of carbonyl (C=O) groups excluding carboxylic acids is 1. The van der Waals surface area contributed by atoms with Gasteiger partial charge in [0, 0.05) is 39.0 Å². The van der Waals surface area contributed by atoms with Crippen LogP contribution >= 0.6 is 0 Å². The highest BCUT2D eigenvalue weighted by Crippen LogP contribution is 2.13. The third-order valence-corrected chi connectivity index (χ3v) is 4.48. The molecule has 1 aliphatic heterocycles. The lowest BCUT2D eigenvalue weighted by atomic mass is 10.1. The van der Waals surface area contributed by atoms with Gasteiger partial charge >= 0.3 is 0 Å². The van der Waals surface area contributed by atoms with E-state index in [2.05, 4.69) is 51.0 Å². The fraction of sp³-hybridized carbons (Fsp3) is 0.526. The Balaban J connectivity index is 1.58. The molecule has 1 aromatic carbocycles. The molecule has 0 bridgehead atoms. The standard InChI is InChI=1S/C19H27N5O/c1-15(2)13-20-19(25)14-23-9-8-17-21-22-18(24(17)11-10-23)12-16-6-4-3-5-7-16/h3-7,15H,8-14H2,1-2H3,(H,20,25). The van der Waals surface area contributed by atoms with Crippen molar-refractivity contribution in [1.82, 2.24) is 25.0 Å². The maximum Gasteiger partial charge on any atom is 0.234 e. The van der Waals surface area contributed by atoms with Crippen molar-refractivity contribution in [2.75, 3.05) is 26.2 Å². The minimum atomic E-state index is 0.107. The molecule has 1 aromatic heterocycles. The van der Waals surface area contributed by atoms with Gasteiger partial charge in [0.05, 0.1) is 6.54 Å². The van der Waals surface area contributed by atoms with Crippen molar-refractivity contribution in [2.24, 2.45) is 5.92 Å². The lowest BCUT2D eigenvalue weighted by Crippen LogP contribution is -2.39. The van der Waals surface area contributed by atoms with Crippen LogP contribution in [0.25, 0.3) is 0 Å². The largest absolute Gasteiger partial charge is 0.355 e. The molecule has 0 saturated heterocycles. The molecule has 0 fully saturated rings. The Bertz CT molecular complexity index is 695. The lowest BCUT2D eigenvalue weighted by molar-refractivity contribution is -0.122. The number of fused-ring (bicyclic) bond motifs is 1. The predicted octanol–water partition coefficient (Wildman–Crippen LogP) is 1.50. The third-order valence-electron chi connectivity index (χ3n) is 4.48. The first-order chi connectivity index (χ1) is 12.1. The van der Waals surface area contributed by atoms with Crippen LogP contribution < -0.4 is 5.32 Å². The van der Waals surface area contributed by atoms with Gasteiger partial charge in [-0.1, -0.05) is 44.2 Å². The van der Waals surface area contributed by atoms with Gasteiger partial charge in [-0.05, 0) is 11.5 Å². The van der Waals surface area contributed by atoms with Crippen molar-refractivity contribution in [2.45, 2.75) is 33.2 Å². The van der Waals surface area contributed by atoms with Crippen molar-refractivity contribution in [3.63, 3.8) is 0 Å². The van der Waals surface area contributed by atoms with Crippen LogP contribution in [0.2, 0.25) is 0 Å². The lowest BCUT2D eigenvalue weighted by Gasteiger charge is -2.19. The van der Waals surface area contributed by atoms with Crippen LogP contribution in [-0.4, -0.2) is 51.8 Å². The second kappa shape index (κ2) is 8.25. The van der Waals surface area contributed by atoms with E-state index in [1.54, 1.807) is 0 Å². The molecule has 2 heterocycles. The number of benzene rings is 1. The second-order valence-corrected chi connectivity index (χ2v) is 7.07. The van der Waals surface area contributed by atoms with Gasteiger partial charge in [0.1, 0.15) is 11.6 Å². The van der Waals surface area contributed by atoms with Gasteiger partial charge in [-0.25, -0.2) is 0 Å². The van der Waals surface area contributed by atoms with Crippen LogP contribution in [0.5, 0.6) is 0 Å². The maximum atomic E-state index is 12.1. The van der Waals surface area contributed by atoms with Gasteiger partial charge in [0.15, 0.2) is 0 Å². The summed E-state index contributed by atoms with van der Waals surface area (Å²) in [6.07, 6.45) is 1.63. The minimum Gasteiger partial charge on any atom is -0.355 e. The smallest absolute Gasteiger partial charge is 0.234 e. The van der Waals surface area contributed by atoms with Crippen LogP contribution in [0.1, 0.15) is 31.1 Å². The number of amides is 1. The number of nitrogens with zero attached hydrogens (tertiary/aromatic N) is 4. The molecular formula is C19H27N5O. The summed E-state index contributed by atoms with van der Waals surface area (Å²) in [7, 11) is 0. The van der Waals surface area contributed by atoms with Gasteiger partial charge < -0.3 is 9.88 Å². The summed E-state index contributed by atoms with van der Waals surface area (Å²) in [5.41, 5.74) is 1.24. The first-order valence-electron chi connectivity index (χ1n) is 9.05. The van der Waals surface area contributed by atoms with E-state index in [0.717, 1.165) is 50.7 Å². The summed E-state index contributed by atoms with van der Waals surface area (Å²) in [5.74, 6) is 2.61. The first kappa shape index (κ1) is 17.6. The van der Waals surface area contributed by atoms with Crippen LogP contribution in [0.4, 0.5) is 0 Å². The summed E-state index contributed by atoms with van der Waals surface area (Å²) in [4.78, 5) is 14.3. The van der Waals surface area contributed by atoms with Gasteiger partial charge in [-0.3, -0.25) is 9.69 Å². The van der Waals surface area contributed by atoms with Crippen LogP contribution in [-0.2, 0) is 24.2 Å². The van der Waals surface area contributed by atoms with Crippen molar-refractivity contribution < 1.29 is 4.79 Å². The highest BCUT2D eigenvalue weighted by atomic mass is 16.2. The zero-order valence-corrected chi connectivity index (χ0v) is 15.1. The number of nitrogens with one attached hydrogen (secondary N) is 1. The van der Waals surface area contributed by atoms with E-state index in [1.807, 2.05) is 18.2 Å². The number of rotatable bonds is 6. The van der Waals surface area contributed by atoms with Crippen molar-refractivity contribution >= 4 is 5.91 Å². The van der Waals surface area contributed by atoms with Crippen molar-refractivity contribution in [1.29, 1.82) is 0 Å². The summed E-state index contributed by atoms with van der Waals surface area (Å²) in [5, 5.41) is 11.7. The normalized spacial score (nSPS) is 15.0. The molecule has 0 spiro atoms. The highest BCUT2D eigenvalue weighted by molar-refractivity contribution is 5.78. The van der Waals surface area contributed by atoms with E-state index in [9.17, 15) is 4.79 Å². The molecule has 2 aromatic rings. The third kappa shape index (κ3) is 4.89. The molecule has 134 valence electrons. The number of carbonyl (C=O) groups is 1. The van der Waals surface area contributed by atoms with Crippen molar-refractivity contribution in [3.05, 3.63) is 47.5 Å². The summed E-state index contributed by atoms with van der Waals surface area (Å²) < 4.78 is 2.22. The molecule has 1 N–H and O–H groups in total. The van der Waals surface area contributed by atoms with E-state index >= 15 is 0 Å². The molecule has 0 unspecified atom stereocenters. The van der Waals surface area contributed by atoms with Crippen LogP contribution in [0.3, 0.4) is 0 Å². The quantitative estimate of drug-likeness (QED) is 0.865. The highest BCUT2D eigenvalue weighted by Gasteiger charge is 2.20. The molecule has 0 saturated carbocycles.